The highest BCUT2D eigenvalue weighted by Gasteiger charge is 2.19. The Morgan fingerprint density at radius 1 is 1.00 bits per heavy atom. The minimum absolute atomic E-state index is 0.0574. The Morgan fingerprint density at radius 2 is 1.76 bits per heavy atom. The smallest absolute Gasteiger partial charge is 0.244 e. The Morgan fingerprint density at radius 3 is 2.50 bits per heavy atom. The second kappa shape index (κ2) is 9.92. The van der Waals surface area contributed by atoms with Gasteiger partial charge in [0.25, 0.3) is 0 Å². The molecule has 10 heteroatoms. The average molecular weight is 501 g/mol. The molecule has 2 N–H and O–H groups in total. The van der Waals surface area contributed by atoms with Crippen LogP contribution in [-0.4, -0.2) is 38.6 Å². The molecule has 0 aliphatic carbocycles. The van der Waals surface area contributed by atoms with E-state index in [4.69, 9.17) is 16.3 Å². The van der Waals surface area contributed by atoms with Gasteiger partial charge in [-0.2, -0.15) is 0 Å². The van der Waals surface area contributed by atoms with Gasteiger partial charge < -0.3 is 10.1 Å². The number of aryl methyl sites for hydroxylation is 1. The van der Waals surface area contributed by atoms with Crippen LogP contribution in [0.2, 0.25) is 5.02 Å². The zero-order valence-electron chi connectivity index (χ0n) is 18.5. The van der Waals surface area contributed by atoms with Gasteiger partial charge in [-0.15, -0.1) is 0 Å². The second-order valence-corrected chi connectivity index (χ2v) is 9.71. The Hall–Kier alpha value is -3.27. The summed E-state index contributed by atoms with van der Waals surface area (Å²) in [4.78, 5) is 9.16. The molecule has 3 aromatic carbocycles. The average Bonchev–Trinajstić information content (AvgIpc) is 2.81. The van der Waals surface area contributed by atoms with Crippen molar-refractivity contribution < 1.29 is 17.5 Å². The van der Waals surface area contributed by atoms with E-state index >= 15 is 0 Å². The molecule has 0 saturated heterocycles. The summed E-state index contributed by atoms with van der Waals surface area (Å²) < 4.78 is 46.3. The number of anilines is 1. The summed E-state index contributed by atoms with van der Waals surface area (Å²) in [5.74, 6) is 0.421. The maximum absolute atomic E-state index is 13.4. The predicted octanol–water partition coefficient (Wildman–Crippen LogP) is 4.80. The van der Waals surface area contributed by atoms with Gasteiger partial charge in [0, 0.05) is 35.1 Å². The van der Waals surface area contributed by atoms with Crippen molar-refractivity contribution >= 4 is 38.3 Å². The highest BCUT2D eigenvalue weighted by Crippen LogP contribution is 2.27. The summed E-state index contributed by atoms with van der Waals surface area (Å²) in [6.07, 6.45) is 0. The molecule has 0 amide bonds. The number of ether oxygens (including phenoxy) is 1. The van der Waals surface area contributed by atoms with E-state index in [9.17, 15) is 12.8 Å². The van der Waals surface area contributed by atoms with Crippen LogP contribution < -0.4 is 14.8 Å². The molecule has 0 radical (unpaired) electrons. The molecule has 0 atom stereocenters. The number of hydrogen-bond acceptors (Lipinski definition) is 6. The minimum Gasteiger partial charge on any atom is -0.495 e. The van der Waals surface area contributed by atoms with Gasteiger partial charge >= 0.3 is 0 Å². The molecule has 0 fully saturated rings. The zero-order chi connectivity index (χ0) is 24.3. The number of nitrogens with one attached hydrogen (secondary N) is 2. The number of rotatable bonds is 8. The van der Waals surface area contributed by atoms with E-state index in [1.165, 1.54) is 13.2 Å². The normalized spacial score (nSPS) is 11.5. The van der Waals surface area contributed by atoms with E-state index in [1.54, 1.807) is 12.1 Å². The van der Waals surface area contributed by atoms with Gasteiger partial charge in [0.1, 0.15) is 22.3 Å². The largest absolute Gasteiger partial charge is 0.495 e. The van der Waals surface area contributed by atoms with Crippen LogP contribution in [0.15, 0.2) is 65.6 Å². The van der Waals surface area contributed by atoms with Gasteiger partial charge in [-0.05, 0) is 37.3 Å². The van der Waals surface area contributed by atoms with Crippen molar-refractivity contribution in [1.29, 1.82) is 0 Å². The lowest BCUT2D eigenvalue weighted by Crippen LogP contribution is -2.29. The molecular formula is C24H22ClFN4O3S. The molecule has 4 aromatic rings. The van der Waals surface area contributed by atoms with Crippen molar-refractivity contribution in [3.8, 4) is 17.1 Å². The van der Waals surface area contributed by atoms with Crippen LogP contribution in [0.5, 0.6) is 5.75 Å². The van der Waals surface area contributed by atoms with E-state index in [2.05, 4.69) is 20.0 Å². The lowest BCUT2D eigenvalue weighted by molar-refractivity contribution is 0.398. The molecule has 0 aliphatic heterocycles. The summed E-state index contributed by atoms with van der Waals surface area (Å²) in [6.45, 7) is 2.30. The first-order valence-electron chi connectivity index (χ1n) is 10.4. The van der Waals surface area contributed by atoms with Gasteiger partial charge in [0.05, 0.1) is 12.6 Å². The first kappa shape index (κ1) is 23.9. The fourth-order valence-corrected chi connectivity index (χ4v) is 4.72. The van der Waals surface area contributed by atoms with Gasteiger partial charge in [0.2, 0.25) is 10.0 Å². The molecule has 0 saturated carbocycles. The number of nitrogens with zero attached hydrogens (tertiary/aromatic N) is 2. The van der Waals surface area contributed by atoms with Gasteiger partial charge in [-0.1, -0.05) is 41.4 Å². The first-order chi connectivity index (χ1) is 16.3. The number of methoxy groups -OCH3 is 1. The fourth-order valence-electron chi connectivity index (χ4n) is 3.38. The SMILES string of the molecule is COc1cc(F)ccc1S(=O)(=O)NCCNc1nc(-c2ccc(C)cc2)nc2cc(Cl)ccc12. The van der Waals surface area contributed by atoms with Gasteiger partial charge in [-0.25, -0.2) is 27.5 Å². The molecular weight excluding hydrogens is 479 g/mol. The Balaban J connectivity index is 1.54. The molecule has 0 spiro atoms. The number of sulfonamides is 1. The highest BCUT2D eigenvalue weighted by atomic mass is 35.5. The quantitative estimate of drug-likeness (QED) is 0.338. The maximum Gasteiger partial charge on any atom is 0.244 e. The van der Waals surface area contributed by atoms with E-state index in [0.29, 0.717) is 22.2 Å². The van der Waals surface area contributed by atoms with Crippen LogP contribution in [0.1, 0.15) is 5.56 Å². The van der Waals surface area contributed by atoms with Crippen LogP contribution in [0.4, 0.5) is 10.2 Å². The summed E-state index contributed by atoms with van der Waals surface area (Å²) in [5, 5.41) is 4.48. The summed E-state index contributed by atoms with van der Waals surface area (Å²) in [7, 11) is -2.62. The first-order valence-corrected chi connectivity index (χ1v) is 12.2. The molecule has 4 rings (SSSR count). The third-order valence-corrected chi connectivity index (χ3v) is 6.83. The Bertz CT molecular complexity index is 1450. The van der Waals surface area contributed by atoms with Crippen molar-refractivity contribution in [3.63, 3.8) is 0 Å². The van der Waals surface area contributed by atoms with Crippen molar-refractivity contribution in [2.45, 2.75) is 11.8 Å². The van der Waals surface area contributed by atoms with Crippen LogP contribution in [0, 0.1) is 12.7 Å². The minimum atomic E-state index is -3.91. The zero-order valence-corrected chi connectivity index (χ0v) is 20.0. The number of fused-ring (bicyclic) bond motifs is 1. The van der Waals surface area contributed by atoms with Crippen LogP contribution >= 0.6 is 11.6 Å². The lowest BCUT2D eigenvalue weighted by Gasteiger charge is -2.13. The van der Waals surface area contributed by atoms with Gasteiger partial charge in [-0.3, -0.25) is 0 Å². The number of hydrogen-bond donors (Lipinski definition) is 2. The van der Waals surface area contributed by atoms with E-state index < -0.39 is 15.8 Å². The molecule has 34 heavy (non-hydrogen) atoms. The second-order valence-electron chi connectivity index (χ2n) is 7.54. The molecule has 7 nitrogen and oxygen atoms in total. The van der Waals surface area contributed by atoms with Crippen LogP contribution in [-0.2, 0) is 10.0 Å². The standard InChI is InChI=1S/C24H22ClFN4O3S/c1-15-3-5-16(6-4-15)23-29-20-13-17(25)7-9-19(20)24(30-23)27-11-12-28-34(31,32)22-10-8-18(26)14-21(22)33-2/h3-10,13-14,28H,11-12H2,1-2H3,(H,27,29,30). The predicted molar refractivity (Wildman–Crippen MR) is 131 cm³/mol. The van der Waals surface area contributed by atoms with Gasteiger partial charge in [0.15, 0.2) is 5.82 Å². The van der Waals surface area contributed by atoms with Crippen LogP contribution in [0.3, 0.4) is 0 Å². The number of benzene rings is 3. The topological polar surface area (TPSA) is 93.2 Å². The molecule has 0 unspecified atom stereocenters. The Kier molecular flexibility index (Phi) is 6.97. The summed E-state index contributed by atoms with van der Waals surface area (Å²) in [6, 6.07) is 16.4. The van der Waals surface area contributed by atoms with E-state index in [-0.39, 0.29) is 23.7 Å². The number of halogens is 2. The van der Waals surface area contributed by atoms with Crippen molar-refractivity contribution in [1.82, 2.24) is 14.7 Å². The highest BCUT2D eigenvalue weighted by molar-refractivity contribution is 7.89. The Labute approximate surface area is 202 Å². The monoisotopic (exact) mass is 500 g/mol. The molecule has 0 aliphatic rings. The van der Waals surface area contributed by atoms with E-state index in [1.807, 2.05) is 37.3 Å². The summed E-state index contributed by atoms with van der Waals surface area (Å²) in [5.41, 5.74) is 2.63. The number of aromatic nitrogens is 2. The third kappa shape index (κ3) is 5.27. The fraction of sp³-hybridized carbons (Fsp3) is 0.167. The van der Waals surface area contributed by atoms with E-state index in [0.717, 1.165) is 28.6 Å². The maximum atomic E-state index is 13.4. The third-order valence-electron chi connectivity index (χ3n) is 5.09. The summed E-state index contributed by atoms with van der Waals surface area (Å²) >= 11 is 6.17. The van der Waals surface area contributed by atoms with Crippen molar-refractivity contribution in [2.75, 3.05) is 25.5 Å². The molecule has 176 valence electrons. The van der Waals surface area contributed by atoms with Crippen molar-refractivity contribution in [3.05, 3.63) is 77.1 Å². The van der Waals surface area contributed by atoms with Crippen LogP contribution in [0.25, 0.3) is 22.3 Å². The lowest BCUT2D eigenvalue weighted by atomic mass is 10.1. The van der Waals surface area contributed by atoms with Crippen molar-refractivity contribution in [2.24, 2.45) is 0 Å². The molecule has 1 aromatic heterocycles. The molecule has 0 bridgehead atoms. The molecule has 1 heterocycles.